The average Bonchev–Trinajstić information content (AvgIpc) is 2.67. The Hall–Kier alpha value is -2.58. The molecular weight excluding hydrogens is 330 g/mol. The number of nitrogens with one attached hydrogen (secondary N) is 1. The normalized spacial score (nSPS) is 10.6. The van der Waals surface area contributed by atoms with Gasteiger partial charge in [-0.25, -0.2) is 0 Å². The van der Waals surface area contributed by atoms with Crippen molar-refractivity contribution in [1.29, 1.82) is 0 Å². The fourth-order valence-electron chi connectivity index (χ4n) is 2.83. The van der Waals surface area contributed by atoms with Gasteiger partial charge in [-0.15, -0.1) is 0 Å². The molecule has 0 radical (unpaired) electrons. The molecule has 1 amide bonds. The first-order valence-corrected chi connectivity index (χ1v) is 8.74. The van der Waals surface area contributed by atoms with Crippen LogP contribution in [0.1, 0.15) is 29.2 Å². The first-order chi connectivity index (χ1) is 12.2. The number of rotatable bonds is 6. The van der Waals surface area contributed by atoms with E-state index < -0.39 is 0 Å². The van der Waals surface area contributed by atoms with Gasteiger partial charge in [0.2, 0.25) is 5.91 Å². The second-order valence-corrected chi connectivity index (χ2v) is 6.32. The van der Waals surface area contributed by atoms with Gasteiger partial charge in [-0.1, -0.05) is 90.5 Å². The van der Waals surface area contributed by atoms with Crippen molar-refractivity contribution >= 4 is 17.5 Å². The lowest BCUT2D eigenvalue weighted by molar-refractivity contribution is -0.121. The van der Waals surface area contributed by atoms with Crippen LogP contribution in [0.2, 0.25) is 5.02 Å². The number of hydrogen-bond acceptors (Lipinski definition) is 1. The number of carbonyl (C=O) groups excluding carboxylic acids is 1. The van der Waals surface area contributed by atoms with E-state index in [1.807, 2.05) is 84.9 Å². The minimum Gasteiger partial charge on any atom is -0.345 e. The summed E-state index contributed by atoms with van der Waals surface area (Å²) in [5.41, 5.74) is 3.13. The molecule has 25 heavy (non-hydrogen) atoms. The van der Waals surface area contributed by atoms with E-state index in [9.17, 15) is 4.79 Å². The highest BCUT2D eigenvalue weighted by molar-refractivity contribution is 6.31. The van der Waals surface area contributed by atoms with Crippen LogP contribution in [-0.4, -0.2) is 5.91 Å². The molecule has 0 spiro atoms. The van der Waals surface area contributed by atoms with Crippen molar-refractivity contribution in [2.24, 2.45) is 0 Å². The fraction of sp³-hybridized carbons (Fsp3) is 0.136. The van der Waals surface area contributed by atoms with Crippen LogP contribution in [0, 0.1) is 0 Å². The average molecular weight is 350 g/mol. The predicted octanol–water partition coefficient (Wildman–Crippen LogP) is 5.18. The Balaban J connectivity index is 1.72. The summed E-state index contributed by atoms with van der Waals surface area (Å²) < 4.78 is 0. The zero-order valence-corrected chi connectivity index (χ0v) is 14.6. The maximum atomic E-state index is 12.5. The van der Waals surface area contributed by atoms with Crippen LogP contribution < -0.4 is 5.32 Å². The molecule has 0 saturated heterocycles. The van der Waals surface area contributed by atoms with Crippen LogP contribution in [0.25, 0.3) is 0 Å². The molecule has 0 aliphatic carbocycles. The molecule has 0 heterocycles. The molecule has 0 atom stereocenters. The van der Waals surface area contributed by atoms with Gasteiger partial charge in [0, 0.05) is 11.4 Å². The lowest BCUT2D eigenvalue weighted by Gasteiger charge is -2.20. The van der Waals surface area contributed by atoms with Gasteiger partial charge in [0.15, 0.2) is 0 Å². The minimum absolute atomic E-state index is 0.0117. The van der Waals surface area contributed by atoms with Crippen LogP contribution in [0.15, 0.2) is 84.9 Å². The highest BCUT2D eigenvalue weighted by Crippen LogP contribution is 2.22. The summed E-state index contributed by atoms with van der Waals surface area (Å²) in [6.07, 6.45) is 1.03. The molecular formula is C22H20ClNO. The van der Waals surface area contributed by atoms with E-state index in [4.69, 9.17) is 11.6 Å². The van der Waals surface area contributed by atoms with Crippen molar-refractivity contribution in [3.05, 3.63) is 107 Å². The lowest BCUT2D eigenvalue weighted by Crippen LogP contribution is -2.29. The van der Waals surface area contributed by atoms with Crippen molar-refractivity contribution in [2.45, 2.75) is 18.9 Å². The zero-order chi connectivity index (χ0) is 17.5. The first-order valence-electron chi connectivity index (χ1n) is 8.36. The lowest BCUT2D eigenvalue weighted by atomic mass is 9.98. The summed E-state index contributed by atoms with van der Waals surface area (Å²) in [6.45, 7) is 0. The van der Waals surface area contributed by atoms with Crippen LogP contribution in [0.4, 0.5) is 0 Å². The third-order valence-electron chi connectivity index (χ3n) is 4.15. The van der Waals surface area contributed by atoms with Crippen LogP contribution in [-0.2, 0) is 11.2 Å². The van der Waals surface area contributed by atoms with Crippen LogP contribution in [0.3, 0.4) is 0 Å². The molecule has 3 aromatic carbocycles. The van der Waals surface area contributed by atoms with Crippen molar-refractivity contribution in [2.75, 3.05) is 0 Å². The van der Waals surface area contributed by atoms with Gasteiger partial charge >= 0.3 is 0 Å². The highest BCUT2D eigenvalue weighted by Gasteiger charge is 2.16. The molecule has 0 saturated carbocycles. The zero-order valence-electron chi connectivity index (χ0n) is 13.9. The Kier molecular flexibility index (Phi) is 5.86. The Morgan fingerprint density at radius 1 is 0.800 bits per heavy atom. The van der Waals surface area contributed by atoms with Gasteiger partial charge in [-0.2, -0.15) is 0 Å². The molecule has 3 rings (SSSR count). The highest BCUT2D eigenvalue weighted by atomic mass is 35.5. The summed E-state index contributed by atoms with van der Waals surface area (Å²) in [7, 11) is 0. The van der Waals surface area contributed by atoms with Crippen molar-refractivity contribution in [3.63, 3.8) is 0 Å². The largest absolute Gasteiger partial charge is 0.345 e. The minimum atomic E-state index is -0.152. The van der Waals surface area contributed by atoms with E-state index >= 15 is 0 Å². The molecule has 2 nitrogen and oxygen atoms in total. The van der Waals surface area contributed by atoms with Crippen LogP contribution in [0.5, 0.6) is 0 Å². The van der Waals surface area contributed by atoms with E-state index in [-0.39, 0.29) is 11.9 Å². The second kappa shape index (κ2) is 8.50. The Labute approximate surface area is 153 Å². The summed E-state index contributed by atoms with van der Waals surface area (Å²) in [5.74, 6) is 0.0117. The number of halogens is 1. The molecule has 0 aliphatic rings. The molecule has 3 aromatic rings. The first kappa shape index (κ1) is 17.2. The van der Waals surface area contributed by atoms with Crippen molar-refractivity contribution < 1.29 is 4.79 Å². The smallest absolute Gasteiger partial charge is 0.221 e. The second-order valence-electron chi connectivity index (χ2n) is 5.91. The van der Waals surface area contributed by atoms with Gasteiger partial charge < -0.3 is 5.32 Å². The summed E-state index contributed by atoms with van der Waals surface area (Å²) in [5, 5.41) is 3.86. The molecule has 0 aromatic heterocycles. The van der Waals surface area contributed by atoms with Gasteiger partial charge in [0.1, 0.15) is 0 Å². The quantitative estimate of drug-likeness (QED) is 0.652. The Bertz CT molecular complexity index is 778. The SMILES string of the molecule is O=C(CCc1ccccc1Cl)NC(c1ccccc1)c1ccccc1. The molecule has 126 valence electrons. The van der Waals surface area contributed by atoms with E-state index in [1.54, 1.807) is 0 Å². The van der Waals surface area contributed by atoms with Crippen molar-refractivity contribution in [3.8, 4) is 0 Å². The summed E-state index contributed by atoms with van der Waals surface area (Å²) >= 11 is 6.17. The van der Waals surface area contributed by atoms with Crippen LogP contribution >= 0.6 is 11.6 Å². The van der Waals surface area contributed by atoms with Gasteiger partial charge in [-0.3, -0.25) is 4.79 Å². The third kappa shape index (κ3) is 4.71. The maximum Gasteiger partial charge on any atom is 0.221 e. The van der Waals surface area contributed by atoms with E-state index in [0.717, 1.165) is 16.7 Å². The molecule has 0 unspecified atom stereocenters. The predicted molar refractivity (Wildman–Crippen MR) is 103 cm³/mol. The topological polar surface area (TPSA) is 29.1 Å². The molecule has 1 N–H and O–H groups in total. The van der Waals surface area contributed by atoms with E-state index in [2.05, 4.69) is 5.32 Å². The van der Waals surface area contributed by atoms with E-state index in [0.29, 0.717) is 17.9 Å². The van der Waals surface area contributed by atoms with Crippen molar-refractivity contribution in [1.82, 2.24) is 5.32 Å². The molecule has 0 bridgehead atoms. The van der Waals surface area contributed by atoms with Gasteiger partial charge in [0.25, 0.3) is 0 Å². The van der Waals surface area contributed by atoms with Gasteiger partial charge in [-0.05, 0) is 29.2 Å². The maximum absolute atomic E-state index is 12.5. The summed E-state index contributed by atoms with van der Waals surface area (Å²) in [4.78, 5) is 12.5. The number of aryl methyl sites for hydroxylation is 1. The van der Waals surface area contributed by atoms with E-state index in [1.165, 1.54) is 0 Å². The number of amides is 1. The Morgan fingerprint density at radius 2 is 1.32 bits per heavy atom. The summed E-state index contributed by atoms with van der Waals surface area (Å²) in [6, 6.07) is 27.5. The number of hydrogen-bond donors (Lipinski definition) is 1. The number of carbonyl (C=O) groups is 1. The standard InChI is InChI=1S/C22H20ClNO/c23-20-14-8-7-9-17(20)15-16-21(25)24-22(18-10-3-1-4-11-18)19-12-5-2-6-13-19/h1-14,22H,15-16H2,(H,24,25). The number of benzene rings is 3. The molecule has 3 heteroatoms. The molecule has 0 fully saturated rings. The third-order valence-corrected chi connectivity index (χ3v) is 4.52. The van der Waals surface area contributed by atoms with Gasteiger partial charge in [0.05, 0.1) is 6.04 Å². The monoisotopic (exact) mass is 349 g/mol. The fourth-order valence-corrected chi connectivity index (χ4v) is 3.06. The molecule has 0 aliphatic heterocycles. The Morgan fingerprint density at radius 3 is 1.88 bits per heavy atom.